The van der Waals surface area contributed by atoms with Crippen molar-refractivity contribution in [3.8, 4) is 0 Å². The first-order chi connectivity index (χ1) is 6.88. The molecular weight excluding hydrogens is 205 g/mol. The molecule has 0 saturated carbocycles. The van der Waals surface area contributed by atoms with E-state index in [0.717, 1.165) is 5.69 Å². The Hall–Kier alpha value is -0.590. The zero-order valence-electron chi connectivity index (χ0n) is 10.2. The predicted molar refractivity (Wildman–Crippen MR) is 69.3 cm³/mol. The molecule has 84 valence electrons. The summed E-state index contributed by atoms with van der Waals surface area (Å²) in [5, 5.41) is 1.26. The van der Waals surface area contributed by atoms with Gasteiger partial charge in [-0.1, -0.05) is 14.0 Å². The van der Waals surface area contributed by atoms with Crippen LogP contribution in [0.1, 0.15) is 19.4 Å². The van der Waals surface area contributed by atoms with Crippen LogP contribution in [-0.4, -0.2) is 20.4 Å². The Bertz CT molecular complexity index is 347. The molecule has 0 aromatic heterocycles. The van der Waals surface area contributed by atoms with Gasteiger partial charge in [-0.05, 0) is 50.2 Å². The molecule has 0 spiro atoms. The summed E-state index contributed by atoms with van der Waals surface area (Å²) in [6, 6.07) is 6.19. The highest BCUT2D eigenvalue weighted by Gasteiger charge is 2.20. The Morgan fingerprint density at radius 1 is 1.27 bits per heavy atom. The molecule has 1 rings (SSSR count). The van der Waals surface area contributed by atoms with Crippen LogP contribution in [0.2, 0.25) is 0 Å². The average molecular weight is 225 g/mol. The molecule has 0 saturated heterocycles. The largest absolute Gasteiger partial charge is 0.398 e. The first kappa shape index (κ1) is 12.5. The van der Waals surface area contributed by atoms with Crippen molar-refractivity contribution in [2.24, 2.45) is 0 Å². The Balaban J connectivity index is 3.19. The van der Waals surface area contributed by atoms with Gasteiger partial charge >= 0.3 is 0 Å². The summed E-state index contributed by atoms with van der Waals surface area (Å²) >= 11 is 0. The molecule has 2 N–H and O–H groups in total. The van der Waals surface area contributed by atoms with Crippen molar-refractivity contribution in [3.63, 3.8) is 0 Å². The van der Waals surface area contributed by atoms with E-state index in [9.17, 15) is 0 Å². The van der Waals surface area contributed by atoms with Crippen LogP contribution in [-0.2, 0) is 10.3 Å². The van der Waals surface area contributed by atoms with Crippen LogP contribution in [0.25, 0.3) is 0 Å². The highest BCUT2D eigenvalue weighted by Crippen LogP contribution is 2.31. The van der Waals surface area contributed by atoms with E-state index >= 15 is 0 Å². The summed E-state index contributed by atoms with van der Waals surface area (Å²) in [6.45, 7) is 8.56. The number of nitrogens with two attached hydrogens (primary N) is 1. The zero-order chi connectivity index (χ0) is 11.6. The molecule has 0 heterocycles. The number of methoxy groups -OCH3 is 1. The van der Waals surface area contributed by atoms with Gasteiger partial charge in [0.15, 0.2) is 0 Å². The summed E-state index contributed by atoms with van der Waals surface area (Å²) in [5.74, 6) is 0. The number of rotatable bonds is 3. The number of nitrogen functional groups attached to an aromatic ring is 1. The van der Waals surface area contributed by atoms with E-state index in [1.807, 2.05) is 12.1 Å². The van der Waals surface area contributed by atoms with Gasteiger partial charge in [-0.3, -0.25) is 0 Å². The van der Waals surface area contributed by atoms with Crippen molar-refractivity contribution in [2.45, 2.75) is 19.4 Å². The highest BCUT2D eigenvalue weighted by molar-refractivity contribution is 7.64. The third-order valence-corrected chi connectivity index (χ3v) is 4.07. The SMILES string of the molecule is COC(C)(C)c1ccc(N)c(P(C)C)c1. The lowest BCUT2D eigenvalue weighted by molar-refractivity contribution is 0.0193. The standard InChI is InChI=1S/C12H20NOP/c1-12(2,14-3)9-6-7-10(13)11(8-9)15(4)5/h6-8H,13H2,1-5H3. The van der Waals surface area contributed by atoms with Gasteiger partial charge in [-0.2, -0.15) is 0 Å². The zero-order valence-corrected chi connectivity index (χ0v) is 11.1. The van der Waals surface area contributed by atoms with E-state index in [4.69, 9.17) is 10.5 Å². The van der Waals surface area contributed by atoms with Crippen LogP contribution in [0.5, 0.6) is 0 Å². The smallest absolute Gasteiger partial charge is 0.0871 e. The van der Waals surface area contributed by atoms with E-state index in [-0.39, 0.29) is 13.5 Å². The summed E-state index contributed by atoms with van der Waals surface area (Å²) in [5.41, 5.74) is 7.78. The second kappa shape index (κ2) is 4.51. The fraction of sp³-hybridized carbons (Fsp3) is 0.500. The molecule has 0 aliphatic rings. The molecule has 0 amide bonds. The molecule has 0 unspecified atom stereocenters. The molecule has 3 heteroatoms. The van der Waals surface area contributed by atoms with Gasteiger partial charge in [0, 0.05) is 12.8 Å². The van der Waals surface area contributed by atoms with Gasteiger partial charge in [0.1, 0.15) is 0 Å². The molecule has 1 aromatic carbocycles. The topological polar surface area (TPSA) is 35.2 Å². The predicted octanol–water partition coefficient (Wildman–Crippen LogP) is 2.52. The van der Waals surface area contributed by atoms with E-state index < -0.39 is 0 Å². The van der Waals surface area contributed by atoms with Gasteiger partial charge < -0.3 is 10.5 Å². The van der Waals surface area contributed by atoms with Crippen LogP contribution in [0.3, 0.4) is 0 Å². The molecule has 1 aromatic rings. The lowest BCUT2D eigenvalue weighted by Gasteiger charge is -2.25. The molecule has 0 aliphatic carbocycles. The summed E-state index contributed by atoms with van der Waals surface area (Å²) in [6.07, 6.45) is 0. The van der Waals surface area contributed by atoms with E-state index in [0.29, 0.717) is 0 Å². The normalized spacial score (nSPS) is 12.1. The van der Waals surface area contributed by atoms with Crippen LogP contribution in [0.4, 0.5) is 5.69 Å². The average Bonchev–Trinajstić information content (AvgIpc) is 2.17. The van der Waals surface area contributed by atoms with Gasteiger partial charge in [0.05, 0.1) is 5.60 Å². The van der Waals surface area contributed by atoms with E-state index in [1.54, 1.807) is 7.11 Å². The lowest BCUT2D eigenvalue weighted by Crippen LogP contribution is -2.21. The van der Waals surface area contributed by atoms with Gasteiger partial charge in [0.25, 0.3) is 0 Å². The Labute approximate surface area is 93.6 Å². The maximum atomic E-state index is 5.95. The van der Waals surface area contributed by atoms with Crippen LogP contribution >= 0.6 is 7.92 Å². The van der Waals surface area contributed by atoms with Crippen molar-refractivity contribution in [1.29, 1.82) is 0 Å². The van der Waals surface area contributed by atoms with Crippen LogP contribution < -0.4 is 11.0 Å². The van der Waals surface area contributed by atoms with Crippen LogP contribution in [0.15, 0.2) is 18.2 Å². The second-order valence-electron chi connectivity index (χ2n) is 4.38. The minimum Gasteiger partial charge on any atom is -0.398 e. The van der Waals surface area contributed by atoms with Crippen molar-refractivity contribution in [1.82, 2.24) is 0 Å². The van der Waals surface area contributed by atoms with E-state index in [1.165, 1.54) is 10.9 Å². The van der Waals surface area contributed by atoms with Crippen LogP contribution in [0, 0.1) is 0 Å². The Kier molecular flexibility index (Phi) is 3.75. The molecule has 0 aliphatic heterocycles. The van der Waals surface area contributed by atoms with Gasteiger partial charge in [-0.25, -0.2) is 0 Å². The molecule has 0 fully saturated rings. The fourth-order valence-electron chi connectivity index (χ4n) is 1.42. The van der Waals surface area contributed by atoms with Crippen molar-refractivity contribution >= 4 is 18.9 Å². The molecule has 0 radical (unpaired) electrons. The Morgan fingerprint density at radius 2 is 1.87 bits per heavy atom. The third-order valence-electron chi connectivity index (χ3n) is 2.72. The fourth-order valence-corrected chi connectivity index (χ4v) is 2.41. The Morgan fingerprint density at radius 3 is 2.33 bits per heavy atom. The van der Waals surface area contributed by atoms with Gasteiger partial charge in [-0.15, -0.1) is 0 Å². The summed E-state index contributed by atoms with van der Waals surface area (Å²) < 4.78 is 5.46. The number of anilines is 1. The maximum absolute atomic E-state index is 5.95. The first-order valence-electron chi connectivity index (χ1n) is 5.01. The van der Waals surface area contributed by atoms with Gasteiger partial charge in [0.2, 0.25) is 0 Å². The minimum atomic E-state index is -0.242. The quantitative estimate of drug-likeness (QED) is 0.633. The monoisotopic (exact) mass is 225 g/mol. The number of hydrogen-bond acceptors (Lipinski definition) is 2. The van der Waals surface area contributed by atoms with Crippen molar-refractivity contribution < 1.29 is 4.74 Å². The molecule has 15 heavy (non-hydrogen) atoms. The molecule has 0 bridgehead atoms. The van der Waals surface area contributed by atoms with Crippen molar-refractivity contribution in [3.05, 3.63) is 23.8 Å². The number of benzene rings is 1. The summed E-state index contributed by atoms with van der Waals surface area (Å²) in [7, 11) is 1.57. The summed E-state index contributed by atoms with van der Waals surface area (Å²) in [4.78, 5) is 0. The second-order valence-corrected chi connectivity index (χ2v) is 6.65. The van der Waals surface area contributed by atoms with Crippen molar-refractivity contribution in [2.75, 3.05) is 26.2 Å². The highest BCUT2D eigenvalue weighted by atomic mass is 31.1. The lowest BCUT2D eigenvalue weighted by atomic mass is 9.98. The number of ether oxygens (including phenoxy) is 1. The van der Waals surface area contributed by atoms with E-state index in [2.05, 4.69) is 33.2 Å². The number of hydrogen-bond donors (Lipinski definition) is 1. The molecule has 0 atom stereocenters. The molecular formula is C12H20NOP. The molecule has 2 nitrogen and oxygen atoms in total. The maximum Gasteiger partial charge on any atom is 0.0871 e. The third kappa shape index (κ3) is 2.70. The first-order valence-corrected chi connectivity index (χ1v) is 7.24. The minimum absolute atomic E-state index is 0.165.